The molecule has 0 radical (unpaired) electrons. The molecule has 1 aliphatic rings. The normalized spacial score (nSPS) is 14.8. The van der Waals surface area contributed by atoms with Crippen LogP contribution in [0.5, 0.6) is 11.5 Å². The van der Waals surface area contributed by atoms with Crippen LogP contribution >= 0.6 is 11.8 Å². The van der Waals surface area contributed by atoms with Gasteiger partial charge in [-0.05, 0) is 48.9 Å². The summed E-state index contributed by atoms with van der Waals surface area (Å²) in [5, 5.41) is 2.24. The summed E-state index contributed by atoms with van der Waals surface area (Å²) in [5.74, 6) is 2.54. The molecule has 7 nitrogen and oxygen atoms in total. The standard InChI is InChI=1S/C21H24N2O5S/c1-4-7-10-22-19(24)14-23-20(25)18(29-21(23)26)13-15-8-9-16(28-11-5-2)17(12-15)27-6-3/h2,8-9,12-13H,4,6-7,10-11,14H2,1,3H3,(H,22,24)/b18-13-. The summed E-state index contributed by atoms with van der Waals surface area (Å²) in [6, 6.07) is 5.14. The van der Waals surface area contributed by atoms with Gasteiger partial charge in [-0.2, -0.15) is 0 Å². The van der Waals surface area contributed by atoms with Crippen molar-refractivity contribution in [2.75, 3.05) is 26.3 Å². The van der Waals surface area contributed by atoms with Crippen LogP contribution in [0.2, 0.25) is 0 Å². The molecule has 1 aromatic carbocycles. The Morgan fingerprint density at radius 1 is 1.28 bits per heavy atom. The van der Waals surface area contributed by atoms with E-state index < -0.39 is 11.1 Å². The first-order valence-electron chi connectivity index (χ1n) is 9.35. The second-order valence-corrected chi connectivity index (χ2v) is 7.10. The number of carbonyl (C=O) groups is 3. The van der Waals surface area contributed by atoms with Crippen LogP contribution in [0.15, 0.2) is 23.1 Å². The van der Waals surface area contributed by atoms with Crippen LogP contribution in [0.1, 0.15) is 32.3 Å². The molecule has 0 atom stereocenters. The number of hydrogen-bond donors (Lipinski definition) is 1. The minimum atomic E-state index is -0.490. The first kappa shape index (κ1) is 22.4. The maximum absolute atomic E-state index is 12.6. The van der Waals surface area contributed by atoms with Gasteiger partial charge in [-0.1, -0.05) is 25.3 Å². The van der Waals surface area contributed by atoms with E-state index >= 15 is 0 Å². The highest BCUT2D eigenvalue weighted by molar-refractivity contribution is 8.18. The van der Waals surface area contributed by atoms with E-state index in [0.29, 0.717) is 30.2 Å². The molecule has 1 N–H and O–H groups in total. The van der Waals surface area contributed by atoms with Gasteiger partial charge >= 0.3 is 0 Å². The Hall–Kier alpha value is -2.92. The summed E-state index contributed by atoms with van der Waals surface area (Å²) < 4.78 is 11.0. The van der Waals surface area contributed by atoms with Gasteiger partial charge in [0.15, 0.2) is 11.5 Å². The molecule has 0 spiro atoms. The second-order valence-electron chi connectivity index (χ2n) is 6.10. The number of nitrogens with one attached hydrogen (secondary N) is 1. The SMILES string of the molecule is C#CCOc1ccc(/C=C2\SC(=O)N(CC(=O)NCCCC)C2=O)cc1OCC. The Labute approximate surface area is 174 Å². The van der Waals surface area contributed by atoms with E-state index in [1.807, 2.05) is 13.8 Å². The number of benzene rings is 1. The highest BCUT2D eigenvalue weighted by Crippen LogP contribution is 2.34. The van der Waals surface area contributed by atoms with E-state index in [2.05, 4.69) is 11.2 Å². The van der Waals surface area contributed by atoms with Gasteiger partial charge in [0.2, 0.25) is 5.91 Å². The molecular formula is C21H24N2O5S. The topological polar surface area (TPSA) is 84.9 Å². The first-order valence-corrected chi connectivity index (χ1v) is 10.2. The first-order chi connectivity index (χ1) is 14.0. The van der Waals surface area contributed by atoms with Gasteiger partial charge in [-0.3, -0.25) is 19.3 Å². The van der Waals surface area contributed by atoms with E-state index in [1.165, 1.54) is 0 Å². The van der Waals surface area contributed by atoms with Crippen molar-refractivity contribution in [3.8, 4) is 23.8 Å². The van der Waals surface area contributed by atoms with Crippen molar-refractivity contribution >= 4 is 34.9 Å². The highest BCUT2D eigenvalue weighted by atomic mass is 32.2. The quantitative estimate of drug-likeness (QED) is 0.359. The average molecular weight is 416 g/mol. The Bertz CT molecular complexity index is 844. The Morgan fingerprint density at radius 3 is 2.76 bits per heavy atom. The van der Waals surface area contributed by atoms with Crippen molar-refractivity contribution in [1.82, 2.24) is 10.2 Å². The van der Waals surface area contributed by atoms with Crippen LogP contribution in [0.3, 0.4) is 0 Å². The number of imide groups is 1. The Kier molecular flexibility index (Phi) is 8.62. The van der Waals surface area contributed by atoms with E-state index in [4.69, 9.17) is 15.9 Å². The molecule has 1 saturated heterocycles. The van der Waals surface area contributed by atoms with E-state index in [9.17, 15) is 14.4 Å². The fourth-order valence-electron chi connectivity index (χ4n) is 2.51. The molecule has 29 heavy (non-hydrogen) atoms. The maximum Gasteiger partial charge on any atom is 0.294 e. The van der Waals surface area contributed by atoms with E-state index in [-0.39, 0.29) is 24.0 Å². The number of carbonyl (C=O) groups excluding carboxylic acids is 3. The predicted molar refractivity (Wildman–Crippen MR) is 113 cm³/mol. The number of thioether (sulfide) groups is 1. The number of ether oxygens (including phenoxy) is 2. The lowest BCUT2D eigenvalue weighted by Gasteiger charge is -2.12. The summed E-state index contributed by atoms with van der Waals surface area (Å²) in [5.41, 5.74) is 0.666. The molecule has 1 aliphatic heterocycles. The van der Waals surface area contributed by atoms with Crippen LogP contribution < -0.4 is 14.8 Å². The lowest BCUT2D eigenvalue weighted by molar-refractivity contribution is -0.129. The zero-order valence-corrected chi connectivity index (χ0v) is 17.3. The molecule has 154 valence electrons. The molecule has 8 heteroatoms. The van der Waals surface area contributed by atoms with Crippen LogP contribution in [-0.2, 0) is 9.59 Å². The summed E-state index contributed by atoms with van der Waals surface area (Å²) in [4.78, 5) is 37.9. The zero-order chi connectivity index (χ0) is 21.2. The smallest absolute Gasteiger partial charge is 0.294 e. The third-order valence-electron chi connectivity index (χ3n) is 3.90. The molecule has 1 fully saturated rings. The fourth-order valence-corrected chi connectivity index (χ4v) is 3.35. The summed E-state index contributed by atoms with van der Waals surface area (Å²) >= 11 is 0.804. The lowest BCUT2D eigenvalue weighted by Crippen LogP contribution is -2.39. The molecule has 0 bridgehead atoms. The Morgan fingerprint density at radius 2 is 2.07 bits per heavy atom. The van der Waals surface area contributed by atoms with Gasteiger partial charge in [0, 0.05) is 6.54 Å². The van der Waals surface area contributed by atoms with Crippen molar-refractivity contribution in [2.24, 2.45) is 0 Å². The van der Waals surface area contributed by atoms with Crippen molar-refractivity contribution in [3.05, 3.63) is 28.7 Å². The maximum atomic E-state index is 12.6. The lowest BCUT2D eigenvalue weighted by atomic mass is 10.2. The highest BCUT2D eigenvalue weighted by Gasteiger charge is 2.36. The molecule has 0 aromatic heterocycles. The van der Waals surface area contributed by atoms with Crippen molar-refractivity contribution < 1.29 is 23.9 Å². The van der Waals surface area contributed by atoms with Gasteiger partial charge in [0.25, 0.3) is 11.1 Å². The third kappa shape index (κ3) is 6.29. The van der Waals surface area contributed by atoms with Crippen molar-refractivity contribution in [3.63, 3.8) is 0 Å². The molecule has 1 aromatic rings. The van der Waals surface area contributed by atoms with Gasteiger partial charge in [0.1, 0.15) is 13.2 Å². The summed E-state index contributed by atoms with van der Waals surface area (Å²) in [7, 11) is 0. The van der Waals surface area contributed by atoms with Crippen LogP contribution in [0.25, 0.3) is 6.08 Å². The summed E-state index contributed by atoms with van der Waals surface area (Å²) in [6.07, 6.45) is 8.60. The number of unbranched alkanes of at least 4 members (excludes halogenated alkanes) is 1. The van der Waals surface area contributed by atoms with Gasteiger partial charge in [-0.25, -0.2) is 0 Å². The minimum absolute atomic E-state index is 0.110. The predicted octanol–water partition coefficient (Wildman–Crippen LogP) is 3.05. The third-order valence-corrected chi connectivity index (χ3v) is 4.81. The number of terminal acetylenes is 1. The zero-order valence-electron chi connectivity index (χ0n) is 16.5. The molecular weight excluding hydrogens is 392 g/mol. The minimum Gasteiger partial charge on any atom is -0.490 e. The molecule has 3 amide bonds. The Balaban J connectivity index is 2.13. The van der Waals surface area contributed by atoms with Gasteiger partial charge in [0.05, 0.1) is 11.5 Å². The molecule has 0 unspecified atom stereocenters. The van der Waals surface area contributed by atoms with Crippen molar-refractivity contribution in [2.45, 2.75) is 26.7 Å². The average Bonchev–Trinajstić information content (AvgIpc) is 2.95. The van der Waals surface area contributed by atoms with Gasteiger partial charge < -0.3 is 14.8 Å². The van der Waals surface area contributed by atoms with Crippen LogP contribution in [0, 0.1) is 12.3 Å². The molecule has 2 rings (SSSR count). The molecule has 0 aliphatic carbocycles. The summed E-state index contributed by atoms with van der Waals surface area (Å²) in [6.45, 7) is 4.63. The van der Waals surface area contributed by atoms with Crippen LogP contribution in [0.4, 0.5) is 4.79 Å². The largest absolute Gasteiger partial charge is 0.490 e. The van der Waals surface area contributed by atoms with Crippen molar-refractivity contribution in [1.29, 1.82) is 0 Å². The molecule has 1 heterocycles. The van der Waals surface area contributed by atoms with E-state index in [0.717, 1.165) is 29.5 Å². The number of rotatable bonds is 10. The fraction of sp³-hybridized carbons (Fsp3) is 0.381. The number of hydrogen-bond acceptors (Lipinski definition) is 6. The number of nitrogens with zero attached hydrogens (tertiary/aromatic N) is 1. The second kappa shape index (κ2) is 11.2. The molecule has 0 saturated carbocycles. The van der Waals surface area contributed by atoms with E-state index in [1.54, 1.807) is 24.3 Å². The van der Waals surface area contributed by atoms with Gasteiger partial charge in [-0.15, -0.1) is 6.42 Å². The van der Waals surface area contributed by atoms with Crippen LogP contribution in [-0.4, -0.2) is 48.3 Å². The monoisotopic (exact) mass is 416 g/mol. The number of amides is 3.